The maximum Gasteiger partial charge on any atom is 0.0898 e. The maximum absolute atomic E-state index is 5.80. The van der Waals surface area contributed by atoms with Crippen molar-refractivity contribution >= 4 is 0 Å². The van der Waals surface area contributed by atoms with E-state index in [1.54, 1.807) is 6.20 Å². The molecule has 0 bridgehead atoms. The van der Waals surface area contributed by atoms with Crippen molar-refractivity contribution in [2.24, 2.45) is 0 Å². The van der Waals surface area contributed by atoms with Crippen LogP contribution in [-0.4, -0.2) is 45.5 Å². The van der Waals surface area contributed by atoms with Crippen molar-refractivity contribution in [2.45, 2.75) is 19.2 Å². The van der Waals surface area contributed by atoms with Gasteiger partial charge in [-0.2, -0.15) is 5.10 Å². The fourth-order valence-corrected chi connectivity index (χ4v) is 2.40. The van der Waals surface area contributed by atoms with Crippen LogP contribution in [0, 0.1) is 0 Å². The van der Waals surface area contributed by atoms with Gasteiger partial charge in [0.05, 0.1) is 19.3 Å². The molecule has 0 aliphatic carbocycles. The minimum atomic E-state index is 0.213. The van der Waals surface area contributed by atoms with Gasteiger partial charge in [-0.25, -0.2) is 0 Å². The predicted molar refractivity (Wildman–Crippen MR) is 71.5 cm³/mol. The second-order valence-corrected chi connectivity index (χ2v) is 4.82. The van der Waals surface area contributed by atoms with Crippen LogP contribution in [0.1, 0.15) is 5.56 Å². The molecule has 0 radical (unpaired) electrons. The van der Waals surface area contributed by atoms with Gasteiger partial charge in [-0.15, -0.1) is 0 Å². The molecule has 0 N–H and O–H groups in total. The normalized spacial score (nSPS) is 20.5. The number of morpholine rings is 1. The molecule has 0 unspecified atom stereocenters. The highest BCUT2D eigenvalue weighted by Gasteiger charge is 2.20. The molecule has 100 valence electrons. The van der Waals surface area contributed by atoms with Crippen LogP contribution in [0.3, 0.4) is 0 Å². The Morgan fingerprint density at radius 2 is 2.32 bits per heavy atom. The summed E-state index contributed by atoms with van der Waals surface area (Å²) in [5.74, 6) is 0. The Bertz CT molecular complexity index is 485. The summed E-state index contributed by atoms with van der Waals surface area (Å²) in [4.78, 5) is 6.57. The summed E-state index contributed by atoms with van der Waals surface area (Å²) in [6.07, 6.45) is 7.73. The van der Waals surface area contributed by atoms with E-state index in [0.717, 1.165) is 32.8 Å². The first kappa shape index (κ1) is 12.3. The van der Waals surface area contributed by atoms with E-state index in [1.165, 1.54) is 5.56 Å². The quantitative estimate of drug-likeness (QED) is 0.826. The van der Waals surface area contributed by atoms with Gasteiger partial charge in [0.15, 0.2) is 0 Å². The van der Waals surface area contributed by atoms with Crippen LogP contribution in [0.5, 0.6) is 0 Å². The second kappa shape index (κ2) is 5.95. The first-order valence-corrected chi connectivity index (χ1v) is 6.60. The van der Waals surface area contributed by atoms with E-state index in [0.29, 0.717) is 0 Å². The van der Waals surface area contributed by atoms with Gasteiger partial charge in [0.25, 0.3) is 0 Å². The average Bonchev–Trinajstić information content (AvgIpc) is 2.93. The minimum absolute atomic E-state index is 0.213. The molecule has 2 aromatic heterocycles. The first-order chi connectivity index (χ1) is 9.40. The van der Waals surface area contributed by atoms with Crippen molar-refractivity contribution in [3.8, 4) is 0 Å². The Balaban J connectivity index is 1.56. The van der Waals surface area contributed by atoms with Crippen molar-refractivity contribution < 1.29 is 4.74 Å². The van der Waals surface area contributed by atoms with Crippen molar-refractivity contribution in [3.63, 3.8) is 0 Å². The average molecular weight is 258 g/mol. The lowest BCUT2D eigenvalue weighted by molar-refractivity contribution is -0.0402. The molecule has 5 nitrogen and oxygen atoms in total. The van der Waals surface area contributed by atoms with Gasteiger partial charge >= 0.3 is 0 Å². The van der Waals surface area contributed by atoms with Crippen LogP contribution < -0.4 is 0 Å². The molecule has 0 aromatic carbocycles. The van der Waals surface area contributed by atoms with E-state index in [4.69, 9.17) is 4.74 Å². The van der Waals surface area contributed by atoms with Crippen molar-refractivity contribution in [1.29, 1.82) is 0 Å². The fourth-order valence-electron chi connectivity index (χ4n) is 2.40. The summed E-state index contributed by atoms with van der Waals surface area (Å²) in [5, 5.41) is 4.23. The van der Waals surface area contributed by atoms with Crippen LogP contribution in [0.4, 0.5) is 0 Å². The third-order valence-corrected chi connectivity index (χ3v) is 3.30. The third-order valence-electron chi connectivity index (χ3n) is 3.30. The number of aromatic nitrogens is 3. The van der Waals surface area contributed by atoms with E-state index in [-0.39, 0.29) is 6.10 Å². The molecular formula is C14H18N4O. The molecule has 1 atom stereocenters. The molecule has 3 rings (SSSR count). The van der Waals surface area contributed by atoms with Gasteiger partial charge in [-0.3, -0.25) is 14.6 Å². The molecule has 1 saturated heterocycles. The lowest BCUT2D eigenvalue weighted by Gasteiger charge is -2.32. The molecule has 19 heavy (non-hydrogen) atoms. The highest BCUT2D eigenvalue weighted by atomic mass is 16.5. The van der Waals surface area contributed by atoms with Gasteiger partial charge in [0.2, 0.25) is 0 Å². The number of hydrogen-bond acceptors (Lipinski definition) is 4. The number of rotatable bonds is 4. The molecule has 0 spiro atoms. The molecule has 3 heterocycles. The largest absolute Gasteiger partial charge is 0.374 e. The van der Waals surface area contributed by atoms with Gasteiger partial charge in [-0.1, -0.05) is 6.07 Å². The Kier molecular flexibility index (Phi) is 3.86. The van der Waals surface area contributed by atoms with E-state index < -0.39 is 0 Å². The van der Waals surface area contributed by atoms with E-state index in [1.807, 2.05) is 35.4 Å². The fraction of sp³-hybridized carbons (Fsp3) is 0.429. The second-order valence-electron chi connectivity index (χ2n) is 4.82. The molecule has 2 aromatic rings. The van der Waals surface area contributed by atoms with E-state index in [9.17, 15) is 0 Å². The highest BCUT2D eigenvalue weighted by molar-refractivity contribution is 5.08. The highest BCUT2D eigenvalue weighted by Crippen LogP contribution is 2.11. The number of pyridine rings is 1. The van der Waals surface area contributed by atoms with Crippen LogP contribution in [0.25, 0.3) is 0 Å². The summed E-state index contributed by atoms with van der Waals surface area (Å²) in [6, 6.07) is 6.04. The Hall–Kier alpha value is -1.72. The molecule has 1 fully saturated rings. The molecule has 1 aliphatic rings. The van der Waals surface area contributed by atoms with Crippen LogP contribution in [0.15, 0.2) is 43.0 Å². The Labute approximate surface area is 112 Å². The summed E-state index contributed by atoms with van der Waals surface area (Å²) in [6.45, 7) is 4.45. The van der Waals surface area contributed by atoms with Crippen LogP contribution in [-0.2, 0) is 17.8 Å². The molecule has 1 aliphatic heterocycles. The predicted octanol–water partition coefficient (Wildman–Crippen LogP) is 1.18. The molecule has 0 amide bonds. The summed E-state index contributed by atoms with van der Waals surface area (Å²) < 4.78 is 7.73. The standard InChI is InChI=1S/C14H18N4O/c1-3-13(9-15-4-1)10-17-7-8-19-14(11-17)12-18-6-2-5-16-18/h1-6,9,14H,7-8,10-12H2/t14-/m0/s1. The zero-order valence-corrected chi connectivity index (χ0v) is 10.9. The monoisotopic (exact) mass is 258 g/mol. The van der Waals surface area contributed by atoms with Crippen molar-refractivity contribution in [3.05, 3.63) is 48.5 Å². The van der Waals surface area contributed by atoms with Gasteiger partial charge in [0, 0.05) is 44.4 Å². The lowest BCUT2D eigenvalue weighted by atomic mass is 10.2. The van der Waals surface area contributed by atoms with Gasteiger partial charge < -0.3 is 4.74 Å². The van der Waals surface area contributed by atoms with E-state index >= 15 is 0 Å². The smallest absolute Gasteiger partial charge is 0.0898 e. The van der Waals surface area contributed by atoms with Crippen LogP contribution in [0.2, 0.25) is 0 Å². The Morgan fingerprint density at radius 3 is 3.11 bits per heavy atom. The first-order valence-electron chi connectivity index (χ1n) is 6.60. The van der Waals surface area contributed by atoms with E-state index in [2.05, 4.69) is 21.0 Å². The maximum atomic E-state index is 5.80. The number of hydrogen-bond donors (Lipinski definition) is 0. The van der Waals surface area contributed by atoms with Crippen molar-refractivity contribution in [1.82, 2.24) is 19.7 Å². The third kappa shape index (κ3) is 3.39. The number of ether oxygens (including phenoxy) is 1. The zero-order chi connectivity index (χ0) is 12.9. The molecule has 5 heteroatoms. The lowest BCUT2D eigenvalue weighted by Crippen LogP contribution is -2.43. The SMILES string of the molecule is c1cncc(CN2CCO[C@H](Cn3cccn3)C2)c1. The summed E-state index contributed by atoms with van der Waals surface area (Å²) in [5.41, 5.74) is 1.25. The molecular weight excluding hydrogens is 240 g/mol. The topological polar surface area (TPSA) is 43.2 Å². The Morgan fingerprint density at radius 1 is 1.32 bits per heavy atom. The zero-order valence-electron chi connectivity index (χ0n) is 10.9. The van der Waals surface area contributed by atoms with Gasteiger partial charge in [0.1, 0.15) is 0 Å². The van der Waals surface area contributed by atoms with Crippen molar-refractivity contribution in [2.75, 3.05) is 19.7 Å². The van der Waals surface area contributed by atoms with Gasteiger partial charge in [-0.05, 0) is 17.7 Å². The van der Waals surface area contributed by atoms with Crippen LogP contribution >= 0.6 is 0 Å². The summed E-state index contributed by atoms with van der Waals surface area (Å²) in [7, 11) is 0. The minimum Gasteiger partial charge on any atom is -0.374 e. The molecule has 0 saturated carbocycles. The summed E-state index contributed by atoms with van der Waals surface area (Å²) >= 11 is 0. The number of nitrogens with zero attached hydrogens (tertiary/aromatic N) is 4.